The van der Waals surface area contributed by atoms with Crippen molar-refractivity contribution in [3.63, 3.8) is 0 Å². The van der Waals surface area contributed by atoms with Gasteiger partial charge in [0.25, 0.3) is 0 Å². The van der Waals surface area contributed by atoms with Gasteiger partial charge < -0.3 is 5.32 Å². The number of piperazine rings is 1. The van der Waals surface area contributed by atoms with E-state index in [0.717, 1.165) is 13.1 Å². The lowest BCUT2D eigenvalue weighted by atomic mass is 9.84. The second-order valence-electron chi connectivity index (χ2n) is 7.42. The summed E-state index contributed by atoms with van der Waals surface area (Å²) in [7, 11) is 0. The Balaban J connectivity index is 1.80. The average molecular weight is 287 g/mol. The minimum Gasteiger partial charge on any atom is -0.308 e. The Labute approximate surface area is 129 Å². The van der Waals surface area contributed by atoms with E-state index in [0.29, 0.717) is 5.54 Å². The molecule has 1 spiro atoms. The SMILES string of the molecule is CCC1(C)CNC2(CCCC2)CN1Cc1cncc(C)c1. The van der Waals surface area contributed by atoms with Crippen LogP contribution in [0, 0.1) is 6.92 Å². The molecule has 3 nitrogen and oxygen atoms in total. The molecular weight excluding hydrogens is 258 g/mol. The summed E-state index contributed by atoms with van der Waals surface area (Å²) in [5.41, 5.74) is 3.25. The first-order valence-corrected chi connectivity index (χ1v) is 8.46. The molecule has 1 saturated carbocycles. The Morgan fingerprint density at radius 2 is 2.05 bits per heavy atom. The Kier molecular flexibility index (Phi) is 4.06. The zero-order valence-corrected chi connectivity index (χ0v) is 13.8. The van der Waals surface area contributed by atoms with E-state index in [1.807, 2.05) is 12.4 Å². The molecule has 0 aromatic carbocycles. The molecular formula is C18H29N3. The topological polar surface area (TPSA) is 28.2 Å². The summed E-state index contributed by atoms with van der Waals surface area (Å²) in [5, 5.41) is 3.91. The first-order valence-electron chi connectivity index (χ1n) is 8.46. The highest BCUT2D eigenvalue weighted by Gasteiger charge is 2.45. The lowest BCUT2D eigenvalue weighted by Crippen LogP contribution is -2.67. The Morgan fingerprint density at radius 3 is 2.71 bits per heavy atom. The molecule has 0 bridgehead atoms. The average Bonchev–Trinajstić information content (AvgIpc) is 2.92. The molecule has 2 heterocycles. The summed E-state index contributed by atoms with van der Waals surface area (Å²) in [4.78, 5) is 7.08. The summed E-state index contributed by atoms with van der Waals surface area (Å²) >= 11 is 0. The van der Waals surface area contributed by atoms with Crippen molar-refractivity contribution in [1.29, 1.82) is 0 Å². The van der Waals surface area contributed by atoms with Gasteiger partial charge in [-0.05, 0) is 44.2 Å². The smallest absolute Gasteiger partial charge is 0.0313 e. The molecule has 1 N–H and O–H groups in total. The molecule has 2 aliphatic rings. The lowest BCUT2D eigenvalue weighted by molar-refractivity contribution is 0.00771. The van der Waals surface area contributed by atoms with Crippen LogP contribution in [-0.4, -0.2) is 34.1 Å². The maximum Gasteiger partial charge on any atom is 0.0313 e. The molecule has 1 aromatic heterocycles. The van der Waals surface area contributed by atoms with Crippen LogP contribution >= 0.6 is 0 Å². The number of aromatic nitrogens is 1. The van der Waals surface area contributed by atoms with Crippen LogP contribution in [-0.2, 0) is 6.54 Å². The predicted octanol–water partition coefficient (Wildman–Crippen LogP) is 3.28. The monoisotopic (exact) mass is 287 g/mol. The van der Waals surface area contributed by atoms with Gasteiger partial charge in [0.05, 0.1) is 0 Å². The van der Waals surface area contributed by atoms with E-state index in [1.165, 1.54) is 49.8 Å². The first-order chi connectivity index (χ1) is 10.1. The highest BCUT2D eigenvalue weighted by molar-refractivity contribution is 5.18. The van der Waals surface area contributed by atoms with Crippen molar-refractivity contribution in [2.75, 3.05) is 13.1 Å². The van der Waals surface area contributed by atoms with E-state index < -0.39 is 0 Å². The summed E-state index contributed by atoms with van der Waals surface area (Å²) in [5.74, 6) is 0. The van der Waals surface area contributed by atoms with Crippen molar-refractivity contribution in [2.45, 2.75) is 70.5 Å². The molecule has 1 atom stereocenters. The molecule has 1 aliphatic carbocycles. The zero-order chi connectivity index (χ0) is 14.9. The molecule has 116 valence electrons. The van der Waals surface area contributed by atoms with Crippen LogP contribution in [0.25, 0.3) is 0 Å². The van der Waals surface area contributed by atoms with Gasteiger partial charge in [-0.2, -0.15) is 0 Å². The van der Waals surface area contributed by atoms with Crippen LogP contribution < -0.4 is 5.32 Å². The van der Waals surface area contributed by atoms with Crippen LogP contribution in [0.1, 0.15) is 57.1 Å². The van der Waals surface area contributed by atoms with Gasteiger partial charge in [-0.1, -0.05) is 25.8 Å². The third-order valence-corrected chi connectivity index (χ3v) is 5.73. The Bertz CT molecular complexity index is 493. The van der Waals surface area contributed by atoms with Crippen molar-refractivity contribution in [1.82, 2.24) is 15.2 Å². The summed E-state index contributed by atoms with van der Waals surface area (Å²) in [6.45, 7) is 10.2. The van der Waals surface area contributed by atoms with Crippen molar-refractivity contribution < 1.29 is 0 Å². The quantitative estimate of drug-likeness (QED) is 0.925. The van der Waals surface area contributed by atoms with Gasteiger partial charge in [-0.3, -0.25) is 9.88 Å². The van der Waals surface area contributed by atoms with Gasteiger partial charge in [0, 0.05) is 43.1 Å². The van der Waals surface area contributed by atoms with Crippen LogP contribution in [0.2, 0.25) is 0 Å². The summed E-state index contributed by atoms with van der Waals surface area (Å²) in [6.07, 6.45) is 10.6. The highest BCUT2D eigenvalue weighted by atomic mass is 15.3. The normalized spacial score (nSPS) is 29.1. The maximum atomic E-state index is 4.37. The van der Waals surface area contributed by atoms with Gasteiger partial charge >= 0.3 is 0 Å². The number of nitrogens with one attached hydrogen (secondary N) is 1. The molecule has 1 unspecified atom stereocenters. The molecule has 1 aromatic rings. The van der Waals surface area contributed by atoms with E-state index in [-0.39, 0.29) is 5.54 Å². The molecule has 0 radical (unpaired) electrons. The Morgan fingerprint density at radius 1 is 1.29 bits per heavy atom. The van der Waals surface area contributed by atoms with Crippen LogP contribution in [0.5, 0.6) is 0 Å². The van der Waals surface area contributed by atoms with Crippen molar-refractivity contribution in [2.24, 2.45) is 0 Å². The molecule has 1 aliphatic heterocycles. The van der Waals surface area contributed by atoms with Crippen LogP contribution in [0.3, 0.4) is 0 Å². The van der Waals surface area contributed by atoms with Crippen molar-refractivity contribution in [3.8, 4) is 0 Å². The van der Waals surface area contributed by atoms with E-state index in [9.17, 15) is 0 Å². The van der Waals surface area contributed by atoms with Gasteiger partial charge in [0.2, 0.25) is 0 Å². The maximum absolute atomic E-state index is 4.37. The zero-order valence-electron chi connectivity index (χ0n) is 13.8. The lowest BCUT2D eigenvalue weighted by Gasteiger charge is -2.52. The molecule has 1 saturated heterocycles. The highest BCUT2D eigenvalue weighted by Crippen LogP contribution is 2.37. The van der Waals surface area contributed by atoms with E-state index >= 15 is 0 Å². The fourth-order valence-electron chi connectivity index (χ4n) is 4.01. The largest absolute Gasteiger partial charge is 0.308 e. The van der Waals surface area contributed by atoms with Crippen LogP contribution in [0.15, 0.2) is 18.5 Å². The van der Waals surface area contributed by atoms with Gasteiger partial charge in [0.1, 0.15) is 0 Å². The molecule has 3 rings (SSSR count). The summed E-state index contributed by atoms with van der Waals surface area (Å²) in [6, 6.07) is 2.28. The number of hydrogen-bond donors (Lipinski definition) is 1. The van der Waals surface area contributed by atoms with Crippen LogP contribution in [0.4, 0.5) is 0 Å². The third kappa shape index (κ3) is 3.00. The minimum absolute atomic E-state index is 0.261. The van der Waals surface area contributed by atoms with Gasteiger partial charge in [-0.15, -0.1) is 0 Å². The number of rotatable bonds is 3. The number of nitrogens with zero attached hydrogens (tertiary/aromatic N) is 2. The number of pyridine rings is 1. The number of hydrogen-bond acceptors (Lipinski definition) is 3. The second kappa shape index (κ2) is 5.69. The van der Waals surface area contributed by atoms with E-state index in [1.54, 1.807) is 0 Å². The van der Waals surface area contributed by atoms with Gasteiger partial charge in [0.15, 0.2) is 0 Å². The number of aryl methyl sites for hydroxylation is 1. The van der Waals surface area contributed by atoms with Gasteiger partial charge in [-0.25, -0.2) is 0 Å². The van der Waals surface area contributed by atoms with E-state index in [4.69, 9.17) is 0 Å². The fraction of sp³-hybridized carbons (Fsp3) is 0.722. The van der Waals surface area contributed by atoms with Crippen molar-refractivity contribution in [3.05, 3.63) is 29.6 Å². The van der Waals surface area contributed by atoms with E-state index in [2.05, 4.69) is 42.0 Å². The molecule has 21 heavy (non-hydrogen) atoms. The molecule has 3 heteroatoms. The standard InChI is InChI=1S/C18H29N3/c1-4-17(3)13-20-18(7-5-6-8-18)14-21(17)12-16-9-15(2)10-19-11-16/h9-11,20H,4-8,12-14H2,1-3H3. The Hall–Kier alpha value is -0.930. The third-order valence-electron chi connectivity index (χ3n) is 5.73. The first kappa shape index (κ1) is 15.0. The second-order valence-corrected chi connectivity index (χ2v) is 7.42. The minimum atomic E-state index is 0.261. The fourth-order valence-corrected chi connectivity index (χ4v) is 4.01. The molecule has 0 amide bonds. The molecule has 2 fully saturated rings. The summed E-state index contributed by atoms with van der Waals surface area (Å²) < 4.78 is 0. The van der Waals surface area contributed by atoms with Crippen molar-refractivity contribution >= 4 is 0 Å². The predicted molar refractivity (Wildman–Crippen MR) is 87.3 cm³/mol.